The highest BCUT2D eigenvalue weighted by molar-refractivity contribution is 5.92. The smallest absolute Gasteiger partial charge is 0.305 e. The van der Waals surface area contributed by atoms with E-state index in [1.807, 2.05) is 24.3 Å². The van der Waals surface area contributed by atoms with E-state index < -0.39 is 18.3 Å². The number of aliphatic hydroxyl groups is 3. The number of nitrogens with zero attached hydrogens (tertiary/aromatic N) is 1. The van der Waals surface area contributed by atoms with Gasteiger partial charge < -0.3 is 20.1 Å². The molecule has 1 aromatic carbocycles. The minimum atomic E-state index is -1.06. The summed E-state index contributed by atoms with van der Waals surface area (Å²) in [5.41, 5.74) is 1.52. The third-order valence-corrected chi connectivity index (χ3v) is 7.21. The Bertz CT molecular complexity index is 960. The Kier molecular flexibility index (Phi) is 13.1. The lowest BCUT2D eigenvalue weighted by atomic mass is 9.85. The van der Waals surface area contributed by atoms with Crippen molar-refractivity contribution in [1.29, 1.82) is 0 Å². The SMILES string of the molecule is CCCCC(CCC(C)CC)[C@H](O)c1ncc(/C=C/[C@@H](O)[C@@H](O)CCCC(=O)OC)c2ccccc12. The molecule has 1 heterocycles. The lowest BCUT2D eigenvalue weighted by Crippen LogP contribution is -2.23. The molecule has 3 N–H and O–H groups in total. The number of fused-ring (bicyclic) bond motifs is 1. The quantitative estimate of drug-likeness (QED) is 0.246. The molecule has 6 nitrogen and oxygen atoms in total. The fourth-order valence-corrected chi connectivity index (χ4v) is 4.52. The Hall–Kier alpha value is -2.28. The third-order valence-electron chi connectivity index (χ3n) is 7.21. The topological polar surface area (TPSA) is 99.9 Å². The fourth-order valence-electron chi connectivity index (χ4n) is 4.52. The number of aromatic nitrogens is 1. The first-order valence-corrected chi connectivity index (χ1v) is 13.5. The zero-order valence-electron chi connectivity index (χ0n) is 22.4. The van der Waals surface area contributed by atoms with Gasteiger partial charge >= 0.3 is 5.97 Å². The van der Waals surface area contributed by atoms with Crippen LogP contribution in [0.5, 0.6) is 0 Å². The lowest BCUT2D eigenvalue weighted by molar-refractivity contribution is -0.140. The van der Waals surface area contributed by atoms with Gasteiger partial charge in [0, 0.05) is 23.6 Å². The molecule has 1 aromatic heterocycles. The molecule has 36 heavy (non-hydrogen) atoms. The summed E-state index contributed by atoms with van der Waals surface area (Å²) in [5.74, 6) is 0.475. The molecule has 0 aliphatic heterocycles. The van der Waals surface area contributed by atoms with Crippen molar-refractivity contribution < 1.29 is 24.9 Å². The van der Waals surface area contributed by atoms with Crippen LogP contribution in [0.4, 0.5) is 0 Å². The summed E-state index contributed by atoms with van der Waals surface area (Å²) in [4.78, 5) is 15.9. The van der Waals surface area contributed by atoms with Crippen LogP contribution in [-0.2, 0) is 9.53 Å². The van der Waals surface area contributed by atoms with E-state index in [2.05, 4.69) is 30.5 Å². The van der Waals surface area contributed by atoms with Crippen molar-refractivity contribution in [2.75, 3.05) is 7.11 Å². The number of hydrogen-bond donors (Lipinski definition) is 3. The Labute approximate surface area is 216 Å². The molecule has 0 amide bonds. The molecule has 0 aliphatic rings. The van der Waals surface area contributed by atoms with E-state index in [-0.39, 0.29) is 18.3 Å². The molecule has 0 bridgehead atoms. The summed E-state index contributed by atoms with van der Waals surface area (Å²) in [7, 11) is 1.33. The molecule has 0 fully saturated rings. The van der Waals surface area contributed by atoms with E-state index in [1.165, 1.54) is 7.11 Å². The van der Waals surface area contributed by atoms with Gasteiger partial charge in [0.05, 0.1) is 31.1 Å². The van der Waals surface area contributed by atoms with Crippen LogP contribution in [0.15, 0.2) is 36.5 Å². The van der Waals surface area contributed by atoms with Crippen LogP contribution >= 0.6 is 0 Å². The first kappa shape index (κ1) is 29.9. The number of carbonyl (C=O) groups excluding carboxylic acids is 1. The molecule has 0 saturated heterocycles. The Morgan fingerprint density at radius 1 is 1.03 bits per heavy atom. The second-order valence-corrected chi connectivity index (χ2v) is 9.97. The van der Waals surface area contributed by atoms with Crippen LogP contribution in [0.3, 0.4) is 0 Å². The van der Waals surface area contributed by atoms with Crippen LogP contribution < -0.4 is 0 Å². The van der Waals surface area contributed by atoms with Gasteiger partial charge in [-0.25, -0.2) is 0 Å². The monoisotopic (exact) mass is 499 g/mol. The van der Waals surface area contributed by atoms with Crippen molar-refractivity contribution in [1.82, 2.24) is 4.98 Å². The summed E-state index contributed by atoms with van der Waals surface area (Å²) >= 11 is 0. The van der Waals surface area contributed by atoms with Crippen molar-refractivity contribution in [2.45, 2.75) is 96.9 Å². The van der Waals surface area contributed by atoms with Gasteiger partial charge in [0.15, 0.2) is 0 Å². The first-order valence-electron chi connectivity index (χ1n) is 13.5. The fraction of sp³-hybridized carbons (Fsp3) is 0.600. The minimum absolute atomic E-state index is 0.165. The molecule has 0 radical (unpaired) electrons. The molecule has 5 atom stereocenters. The van der Waals surface area contributed by atoms with E-state index >= 15 is 0 Å². The molecular weight excluding hydrogens is 454 g/mol. The highest BCUT2D eigenvalue weighted by atomic mass is 16.5. The van der Waals surface area contributed by atoms with E-state index in [4.69, 9.17) is 0 Å². The zero-order chi connectivity index (χ0) is 26.5. The van der Waals surface area contributed by atoms with Crippen molar-refractivity contribution in [2.24, 2.45) is 11.8 Å². The zero-order valence-corrected chi connectivity index (χ0v) is 22.4. The number of carbonyl (C=O) groups is 1. The second kappa shape index (κ2) is 15.7. The Morgan fingerprint density at radius 3 is 2.42 bits per heavy atom. The maximum Gasteiger partial charge on any atom is 0.305 e. The number of rotatable bonds is 16. The molecule has 0 spiro atoms. The lowest BCUT2D eigenvalue weighted by Gasteiger charge is -2.25. The van der Waals surface area contributed by atoms with Gasteiger partial charge in [-0.3, -0.25) is 9.78 Å². The van der Waals surface area contributed by atoms with Crippen LogP contribution in [-0.4, -0.2) is 45.6 Å². The van der Waals surface area contributed by atoms with Gasteiger partial charge in [-0.1, -0.05) is 82.9 Å². The predicted octanol–water partition coefficient (Wildman–Crippen LogP) is 5.98. The van der Waals surface area contributed by atoms with Gasteiger partial charge in [-0.2, -0.15) is 0 Å². The highest BCUT2D eigenvalue weighted by Gasteiger charge is 2.24. The minimum Gasteiger partial charge on any atom is -0.469 e. The summed E-state index contributed by atoms with van der Waals surface area (Å²) in [6, 6.07) is 7.88. The van der Waals surface area contributed by atoms with E-state index in [9.17, 15) is 20.1 Å². The second-order valence-electron chi connectivity index (χ2n) is 9.97. The normalized spacial score (nSPS) is 16.1. The molecule has 2 aromatic rings. The average Bonchev–Trinajstić information content (AvgIpc) is 2.90. The van der Waals surface area contributed by atoms with Crippen molar-refractivity contribution in [3.05, 3.63) is 47.8 Å². The van der Waals surface area contributed by atoms with Gasteiger partial charge in [0.2, 0.25) is 0 Å². The third kappa shape index (κ3) is 8.99. The number of hydrogen-bond acceptors (Lipinski definition) is 6. The van der Waals surface area contributed by atoms with Crippen LogP contribution in [0.1, 0.15) is 95.9 Å². The maximum absolute atomic E-state index is 11.4. The van der Waals surface area contributed by atoms with Crippen LogP contribution in [0.2, 0.25) is 0 Å². The van der Waals surface area contributed by atoms with E-state index in [0.717, 1.165) is 54.9 Å². The summed E-state index contributed by atoms with van der Waals surface area (Å²) < 4.78 is 4.61. The molecule has 2 rings (SSSR count). The van der Waals surface area contributed by atoms with Crippen molar-refractivity contribution in [3.8, 4) is 0 Å². The number of ether oxygens (including phenoxy) is 1. The van der Waals surface area contributed by atoms with Crippen LogP contribution in [0, 0.1) is 11.8 Å². The molecule has 200 valence electrons. The molecule has 6 heteroatoms. The predicted molar refractivity (Wildman–Crippen MR) is 145 cm³/mol. The van der Waals surface area contributed by atoms with Gasteiger partial charge in [-0.15, -0.1) is 0 Å². The molecular formula is C30H45NO5. The average molecular weight is 500 g/mol. The molecule has 0 saturated carbocycles. The number of esters is 1. The summed E-state index contributed by atoms with van der Waals surface area (Å²) in [6.07, 6.45) is 9.70. The largest absolute Gasteiger partial charge is 0.469 e. The van der Waals surface area contributed by atoms with E-state index in [0.29, 0.717) is 24.5 Å². The summed E-state index contributed by atoms with van der Waals surface area (Å²) in [6.45, 7) is 6.65. The Balaban J connectivity index is 2.21. The number of benzene rings is 1. The van der Waals surface area contributed by atoms with Crippen LogP contribution in [0.25, 0.3) is 16.8 Å². The molecule has 2 unspecified atom stereocenters. The number of pyridine rings is 1. The van der Waals surface area contributed by atoms with E-state index in [1.54, 1.807) is 18.3 Å². The standard InChI is InChI=1S/C30H45NO5/c1-5-7-11-22(17-16-21(3)6-2)30(35)29-25-13-9-8-12-24(25)23(20-31-29)18-19-27(33)26(32)14-10-15-28(34)36-4/h8-9,12-13,18-22,26-27,30,32-33,35H,5-7,10-11,14-17H2,1-4H3/b19-18+/t21?,22?,26-,27+,30-/m0/s1. The van der Waals surface area contributed by atoms with Gasteiger partial charge in [0.25, 0.3) is 0 Å². The first-order chi connectivity index (χ1) is 17.3. The van der Waals surface area contributed by atoms with Gasteiger partial charge in [0.1, 0.15) is 0 Å². The highest BCUT2D eigenvalue weighted by Crippen LogP contribution is 2.35. The van der Waals surface area contributed by atoms with Crippen molar-refractivity contribution >= 4 is 22.8 Å². The molecule has 0 aliphatic carbocycles. The Morgan fingerprint density at radius 2 is 1.75 bits per heavy atom. The number of unbranched alkanes of at least 4 members (excludes halogenated alkanes) is 1. The van der Waals surface area contributed by atoms with Gasteiger partial charge in [-0.05, 0) is 42.9 Å². The number of methoxy groups -OCH3 is 1. The number of aliphatic hydroxyl groups excluding tert-OH is 3. The maximum atomic E-state index is 11.4. The van der Waals surface area contributed by atoms with Crippen molar-refractivity contribution in [3.63, 3.8) is 0 Å². The summed E-state index contributed by atoms with van der Waals surface area (Å²) in [5, 5.41) is 33.9.